The van der Waals surface area contributed by atoms with E-state index in [9.17, 15) is 4.79 Å². The van der Waals surface area contributed by atoms with Crippen LogP contribution in [-0.2, 0) is 6.42 Å². The van der Waals surface area contributed by atoms with Crippen molar-refractivity contribution in [1.82, 2.24) is 24.6 Å². The van der Waals surface area contributed by atoms with E-state index in [2.05, 4.69) is 38.8 Å². The average molecular weight is 383 g/mol. The lowest BCUT2D eigenvalue weighted by Gasteiger charge is -2.16. The second-order valence-electron chi connectivity index (χ2n) is 6.81. The first kappa shape index (κ1) is 17.8. The van der Waals surface area contributed by atoms with E-state index in [-0.39, 0.29) is 17.7 Å². The Hall–Kier alpha value is -2.61. The minimum absolute atomic E-state index is 0.00637. The summed E-state index contributed by atoms with van der Waals surface area (Å²) in [4.78, 5) is 20.1. The molecule has 2 atom stereocenters. The number of nitrogens with zero attached hydrogens (tertiary/aromatic N) is 5. The van der Waals surface area contributed by atoms with Crippen LogP contribution >= 0.6 is 11.5 Å². The fourth-order valence-corrected chi connectivity index (χ4v) is 4.31. The van der Waals surface area contributed by atoms with Gasteiger partial charge in [0.25, 0.3) is 5.91 Å². The highest BCUT2D eigenvalue weighted by molar-refractivity contribution is 7.08. The second-order valence-corrected chi connectivity index (χ2v) is 7.57. The lowest BCUT2D eigenvalue weighted by atomic mass is 9.89. The largest absolute Gasteiger partial charge is 0.339 e. The summed E-state index contributed by atoms with van der Waals surface area (Å²) in [6.07, 6.45) is 1.70. The Morgan fingerprint density at radius 3 is 2.74 bits per heavy atom. The number of hydrogen-bond donors (Lipinski definition) is 0. The van der Waals surface area contributed by atoms with Gasteiger partial charge in [0.05, 0.1) is 11.6 Å². The molecule has 3 heterocycles. The molecule has 1 aliphatic rings. The highest BCUT2D eigenvalue weighted by Crippen LogP contribution is 2.39. The van der Waals surface area contributed by atoms with Crippen LogP contribution in [0.15, 0.2) is 34.9 Å². The molecule has 4 rings (SSSR count). The van der Waals surface area contributed by atoms with Crippen molar-refractivity contribution in [3.63, 3.8) is 0 Å². The first-order chi connectivity index (χ1) is 13.2. The van der Waals surface area contributed by atoms with Gasteiger partial charge in [-0.15, -0.1) is 5.10 Å². The minimum atomic E-state index is -0.0203. The van der Waals surface area contributed by atoms with E-state index in [0.717, 1.165) is 18.5 Å². The molecule has 0 unspecified atom stereocenters. The first-order valence-electron chi connectivity index (χ1n) is 9.13. The van der Waals surface area contributed by atoms with Gasteiger partial charge in [-0.1, -0.05) is 53.3 Å². The molecule has 0 bridgehead atoms. The Balaban J connectivity index is 1.64. The van der Waals surface area contributed by atoms with Gasteiger partial charge in [0.2, 0.25) is 5.89 Å². The van der Waals surface area contributed by atoms with E-state index in [1.54, 1.807) is 0 Å². The van der Waals surface area contributed by atoms with Gasteiger partial charge in [0, 0.05) is 19.0 Å². The molecule has 140 valence electrons. The topological polar surface area (TPSA) is 85.0 Å². The predicted octanol–water partition coefficient (Wildman–Crippen LogP) is 3.21. The SMILES string of the molecule is CCCc1nnsc1C(=O)N1C[C@H](c2nc(C)no2)[C@H](c2ccccc2)C1. The Labute approximate surface area is 161 Å². The third kappa shape index (κ3) is 3.49. The number of carbonyl (C=O) groups is 1. The Kier molecular flexibility index (Phi) is 4.98. The molecule has 7 nitrogen and oxygen atoms in total. The normalized spacial score (nSPS) is 19.6. The van der Waals surface area contributed by atoms with Crippen molar-refractivity contribution in [3.05, 3.63) is 58.2 Å². The second kappa shape index (κ2) is 7.56. The maximum atomic E-state index is 13.2. The van der Waals surface area contributed by atoms with Crippen molar-refractivity contribution in [2.75, 3.05) is 13.1 Å². The molecule has 1 saturated heterocycles. The van der Waals surface area contributed by atoms with Gasteiger partial charge in [-0.25, -0.2) is 0 Å². The van der Waals surface area contributed by atoms with Gasteiger partial charge in [-0.05, 0) is 30.4 Å². The molecule has 0 N–H and O–H groups in total. The van der Waals surface area contributed by atoms with Crippen LogP contribution in [0.1, 0.15) is 57.8 Å². The van der Waals surface area contributed by atoms with Crippen molar-refractivity contribution < 1.29 is 9.32 Å². The maximum absolute atomic E-state index is 13.2. The lowest BCUT2D eigenvalue weighted by molar-refractivity contribution is 0.0791. The smallest absolute Gasteiger partial charge is 0.267 e. The van der Waals surface area contributed by atoms with Gasteiger partial charge in [-0.3, -0.25) is 4.79 Å². The molecule has 27 heavy (non-hydrogen) atoms. The van der Waals surface area contributed by atoms with Crippen LogP contribution in [0.25, 0.3) is 0 Å². The third-order valence-electron chi connectivity index (χ3n) is 4.93. The molecule has 0 aliphatic carbocycles. The summed E-state index contributed by atoms with van der Waals surface area (Å²) < 4.78 is 9.45. The van der Waals surface area contributed by atoms with Crippen molar-refractivity contribution in [3.8, 4) is 0 Å². The third-order valence-corrected chi connectivity index (χ3v) is 5.69. The van der Waals surface area contributed by atoms with E-state index in [1.165, 1.54) is 17.1 Å². The molecule has 1 aliphatic heterocycles. The molecular formula is C19H21N5O2S. The summed E-state index contributed by atoms with van der Waals surface area (Å²) in [5.74, 6) is 1.29. The number of hydrogen-bond acceptors (Lipinski definition) is 7. The molecule has 1 fully saturated rings. The molecule has 0 saturated carbocycles. The van der Waals surface area contributed by atoms with Crippen LogP contribution in [0.4, 0.5) is 0 Å². The van der Waals surface area contributed by atoms with Crippen molar-refractivity contribution >= 4 is 17.4 Å². The monoisotopic (exact) mass is 383 g/mol. The molecule has 2 aromatic heterocycles. The number of carbonyl (C=O) groups excluding carboxylic acids is 1. The molecule has 3 aromatic rings. The highest BCUT2D eigenvalue weighted by atomic mass is 32.1. The van der Waals surface area contributed by atoms with E-state index >= 15 is 0 Å². The van der Waals surface area contributed by atoms with Gasteiger partial charge in [0.15, 0.2) is 5.82 Å². The summed E-state index contributed by atoms with van der Waals surface area (Å²) in [6, 6.07) is 10.2. The summed E-state index contributed by atoms with van der Waals surface area (Å²) >= 11 is 1.18. The van der Waals surface area contributed by atoms with E-state index in [4.69, 9.17) is 4.52 Å². The number of rotatable bonds is 5. The summed E-state index contributed by atoms with van der Waals surface area (Å²) in [5, 5.41) is 8.08. The number of benzene rings is 1. The quantitative estimate of drug-likeness (QED) is 0.673. The zero-order chi connectivity index (χ0) is 18.8. The van der Waals surface area contributed by atoms with Crippen LogP contribution in [0.2, 0.25) is 0 Å². The van der Waals surface area contributed by atoms with Crippen LogP contribution in [0.5, 0.6) is 0 Å². The molecule has 0 spiro atoms. The number of likely N-dealkylation sites (tertiary alicyclic amines) is 1. The van der Waals surface area contributed by atoms with Crippen molar-refractivity contribution in [2.24, 2.45) is 0 Å². The fourth-order valence-electron chi connectivity index (χ4n) is 3.64. The lowest BCUT2D eigenvalue weighted by Crippen LogP contribution is -2.29. The van der Waals surface area contributed by atoms with E-state index < -0.39 is 0 Å². The van der Waals surface area contributed by atoms with Crippen LogP contribution in [0.3, 0.4) is 0 Å². The minimum Gasteiger partial charge on any atom is -0.339 e. The van der Waals surface area contributed by atoms with Crippen molar-refractivity contribution in [1.29, 1.82) is 0 Å². The number of aryl methyl sites for hydroxylation is 2. The molecule has 1 aromatic carbocycles. The van der Waals surface area contributed by atoms with Crippen LogP contribution in [-0.4, -0.2) is 43.6 Å². The molecular weight excluding hydrogens is 362 g/mol. The number of amides is 1. The zero-order valence-electron chi connectivity index (χ0n) is 15.3. The Morgan fingerprint density at radius 2 is 2.04 bits per heavy atom. The molecule has 0 radical (unpaired) electrons. The maximum Gasteiger partial charge on any atom is 0.267 e. The van der Waals surface area contributed by atoms with Gasteiger partial charge >= 0.3 is 0 Å². The van der Waals surface area contributed by atoms with E-state index in [1.807, 2.05) is 30.0 Å². The summed E-state index contributed by atoms with van der Waals surface area (Å²) in [7, 11) is 0. The first-order valence-corrected chi connectivity index (χ1v) is 9.90. The van der Waals surface area contributed by atoms with E-state index in [0.29, 0.717) is 29.7 Å². The van der Waals surface area contributed by atoms with Crippen LogP contribution in [0, 0.1) is 6.92 Å². The fraction of sp³-hybridized carbons (Fsp3) is 0.421. The summed E-state index contributed by atoms with van der Waals surface area (Å²) in [6.45, 7) is 5.03. The van der Waals surface area contributed by atoms with Crippen LogP contribution < -0.4 is 0 Å². The highest BCUT2D eigenvalue weighted by Gasteiger charge is 2.41. The van der Waals surface area contributed by atoms with Crippen molar-refractivity contribution in [2.45, 2.75) is 38.5 Å². The Bertz CT molecular complexity index is 923. The van der Waals surface area contributed by atoms with Gasteiger partial charge in [0.1, 0.15) is 4.88 Å². The average Bonchev–Trinajstić information content (AvgIpc) is 3.41. The Morgan fingerprint density at radius 1 is 1.26 bits per heavy atom. The number of aromatic nitrogens is 4. The zero-order valence-corrected chi connectivity index (χ0v) is 16.1. The molecule has 1 amide bonds. The van der Waals surface area contributed by atoms with Gasteiger partial charge in [-0.2, -0.15) is 4.98 Å². The molecule has 8 heteroatoms. The standard InChI is InChI=1S/C19H21N5O2S/c1-3-7-16-17(27-23-21-16)19(25)24-10-14(13-8-5-4-6-9-13)15(11-24)18-20-12(2)22-26-18/h4-6,8-9,14-15H,3,7,10-11H2,1-2H3/t14-,15-/m0/s1. The van der Waals surface area contributed by atoms with Gasteiger partial charge < -0.3 is 9.42 Å². The summed E-state index contributed by atoms with van der Waals surface area (Å²) in [5.41, 5.74) is 1.96. The predicted molar refractivity (Wildman–Crippen MR) is 101 cm³/mol.